The molecule has 1 aromatic carbocycles. The molecule has 1 aromatic rings. The van der Waals surface area contributed by atoms with Crippen molar-refractivity contribution in [1.82, 2.24) is 10.6 Å². The summed E-state index contributed by atoms with van der Waals surface area (Å²) in [6, 6.07) is 3.44. The fraction of sp³-hybridized carbons (Fsp3) is 0.500. The van der Waals surface area contributed by atoms with Crippen LogP contribution in [0.3, 0.4) is 0 Å². The van der Waals surface area contributed by atoms with Crippen molar-refractivity contribution < 1.29 is 13.6 Å². The summed E-state index contributed by atoms with van der Waals surface area (Å²) in [6.45, 7) is 4.09. The maximum atomic E-state index is 13.5. The summed E-state index contributed by atoms with van der Waals surface area (Å²) in [5, 5.41) is 5.66. The lowest BCUT2D eigenvalue weighted by atomic mass is 10.0. The Balaban J connectivity index is 2.60. The molecule has 19 heavy (non-hydrogen) atoms. The molecule has 106 valence electrons. The van der Waals surface area contributed by atoms with E-state index < -0.39 is 11.6 Å². The van der Waals surface area contributed by atoms with Gasteiger partial charge in [0, 0.05) is 24.1 Å². The Morgan fingerprint density at radius 3 is 2.37 bits per heavy atom. The molecule has 0 fully saturated rings. The van der Waals surface area contributed by atoms with Crippen LogP contribution in [0.1, 0.15) is 19.4 Å². The minimum absolute atomic E-state index is 0.0107. The van der Waals surface area contributed by atoms with E-state index in [4.69, 9.17) is 0 Å². The van der Waals surface area contributed by atoms with Crippen LogP contribution in [0.4, 0.5) is 8.78 Å². The first kappa shape index (κ1) is 15.6. The molecule has 1 amide bonds. The lowest BCUT2D eigenvalue weighted by molar-refractivity contribution is -0.124. The van der Waals surface area contributed by atoms with Crippen molar-refractivity contribution in [2.45, 2.75) is 26.3 Å². The van der Waals surface area contributed by atoms with Gasteiger partial charge in [0.2, 0.25) is 5.91 Å². The summed E-state index contributed by atoms with van der Waals surface area (Å²) in [7, 11) is 1.77. The van der Waals surface area contributed by atoms with E-state index in [-0.39, 0.29) is 29.9 Å². The van der Waals surface area contributed by atoms with Crippen LogP contribution in [0.15, 0.2) is 18.2 Å². The van der Waals surface area contributed by atoms with Crippen LogP contribution < -0.4 is 10.6 Å². The molecule has 2 atom stereocenters. The van der Waals surface area contributed by atoms with Crippen molar-refractivity contribution >= 4 is 5.91 Å². The monoisotopic (exact) mass is 270 g/mol. The summed E-state index contributed by atoms with van der Waals surface area (Å²) < 4.78 is 26.9. The van der Waals surface area contributed by atoms with E-state index in [1.165, 1.54) is 18.2 Å². The molecule has 3 nitrogen and oxygen atoms in total. The number of halogens is 2. The largest absolute Gasteiger partial charge is 0.353 e. The van der Waals surface area contributed by atoms with Crippen molar-refractivity contribution in [3.63, 3.8) is 0 Å². The standard InChI is InChI=1S/C14H20F2N2O/c1-9(8-17-3)14(19)18-10(2)7-11-12(15)5-4-6-13(11)16/h4-6,9-10,17H,7-8H2,1-3H3,(H,18,19). The zero-order valence-corrected chi connectivity index (χ0v) is 11.5. The van der Waals surface area contributed by atoms with Gasteiger partial charge in [-0.15, -0.1) is 0 Å². The van der Waals surface area contributed by atoms with Crippen LogP contribution in [-0.4, -0.2) is 25.5 Å². The number of nitrogens with one attached hydrogen (secondary N) is 2. The second kappa shape index (κ2) is 7.19. The molecule has 0 aliphatic rings. The predicted octanol–water partition coefficient (Wildman–Crippen LogP) is 1.87. The maximum Gasteiger partial charge on any atom is 0.224 e. The third kappa shape index (κ3) is 4.59. The molecule has 0 radical (unpaired) electrons. The minimum atomic E-state index is -0.579. The predicted molar refractivity (Wildman–Crippen MR) is 70.8 cm³/mol. The van der Waals surface area contributed by atoms with Gasteiger partial charge in [0.15, 0.2) is 0 Å². The Bertz CT molecular complexity index is 417. The molecule has 0 aliphatic heterocycles. The number of hydrogen-bond acceptors (Lipinski definition) is 2. The van der Waals surface area contributed by atoms with Crippen LogP contribution in [0, 0.1) is 17.6 Å². The summed E-state index contributed by atoms with van der Waals surface area (Å²) in [5.41, 5.74) is 0.0107. The SMILES string of the molecule is CNCC(C)C(=O)NC(C)Cc1c(F)cccc1F. The highest BCUT2D eigenvalue weighted by Crippen LogP contribution is 2.14. The minimum Gasteiger partial charge on any atom is -0.353 e. The average Bonchev–Trinajstić information content (AvgIpc) is 2.34. The molecular weight excluding hydrogens is 250 g/mol. The highest BCUT2D eigenvalue weighted by molar-refractivity contribution is 5.78. The third-order valence-electron chi connectivity index (χ3n) is 2.92. The Morgan fingerprint density at radius 2 is 1.84 bits per heavy atom. The van der Waals surface area contributed by atoms with E-state index in [1.807, 2.05) is 0 Å². The van der Waals surface area contributed by atoms with Crippen molar-refractivity contribution in [2.75, 3.05) is 13.6 Å². The topological polar surface area (TPSA) is 41.1 Å². The molecule has 1 rings (SSSR count). The third-order valence-corrected chi connectivity index (χ3v) is 2.92. The zero-order chi connectivity index (χ0) is 14.4. The van der Waals surface area contributed by atoms with E-state index >= 15 is 0 Å². The van der Waals surface area contributed by atoms with Crippen molar-refractivity contribution in [3.8, 4) is 0 Å². The summed E-state index contributed by atoms with van der Waals surface area (Å²) in [5.74, 6) is -1.47. The van der Waals surface area contributed by atoms with Crippen LogP contribution in [0.5, 0.6) is 0 Å². The molecule has 0 heterocycles. The van der Waals surface area contributed by atoms with E-state index in [0.717, 1.165) is 0 Å². The van der Waals surface area contributed by atoms with Gasteiger partial charge in [-0.1, -0.05) is 13.0 Å². The molecule has 0 aliphatic carbocycles. The maximum absolute atomic E-state index is 13.5. The normalized spacial score (nSPS) is 13.9. The molecule has 0 saturated heterocycles. The van der Waals surface area contributed by atoms with Crippen molar-refractivity contribution in [2.24, 2.45) is 5.92 Å². The molecule has 0 bridgehead atoms. The smallest absolute Gasteiger partial charge is 0.224 e. The van der Waals surface area contributed by atoms with Gasteiger partial charge in [-0.2, -0.15) is 0 Å². The van der Waals surface area contributed by atoms with E-state index in [1.54, 1.807) is 20.9 Å². The van der Waals surface area contributed by atoms with E-state index in [2.05, 4.69) is 10.6 Å². The molecule has 2 N–H and O–H groups in total. The van der Waals surface area contributed by atoms with Gasteiger partial charge in [0.05, 0.1) is 0 Å². The second-order valence-corrected chi connectivity index (χ2v) is 4.77. The molecule has 0 spiro atoms. The van der Waals surface area contributed by atoms with Gasteiger partial charge >= 0.3 is 0 Å². The van der Waals surface area contributed by atoms with Crippen molar-refractivity contribution in [3.05, 3.63) is 35.4 Å². The fourth-order valence-corrected chi connectivity index (χ4v) is 1.87. The summed E-state index contributed by atoms with van der Waals surface area (Å²) >= 11 is 0. The van der Waals surface area contributed by atoms with Gasteiger partial charge in [-0.25, -0.2) is 8.78 Å². The number of hydrogen-bond donors (Lipinski definition) is 2. The van der Waals surface area contributed by atoms with Gasteiger partial charge in [0.1, 0.15) is 11.6 Å². The van der Waals surface area contributed by atoms with Crippen LogP contribution in [-0.2, 0) is 11.2 Å². The summed E-state index contributed by atoms with van der Waals surface area (Å²) in [6.07, 6.45) is 0.135. The molecular formula is C14H20F2N2O. The Hall–Kier alpha value is -1.49. The molecule has 5 heteroatoms. The molecule has 0 aromatic heterocycles. The number of carbonyl (C=O) groups excluding carboxylic acids is 1. The van der Waals surface area contributed by atoms with Crippen LogP contribution in [0.2, 0.25) is 0 Å². The highest BCUT2D eigenvalue weighted by Gasteiger charge is 2.17. The Kier molecular flexibility index (Phi) is 5.89. The first-order valence-electron chi connectivity index (χ1n) is 6.33. The van der Waals surface area contributed by atoms with Crippen LogP contribution in [0.25, 0.3) is 0 Å². The first-order valence-corrected chi connectivity index (χ1v) is 6.33. The summed E-state index contributed by atoms with van der Waals surface area (Å²) in [4.78, 5) is 11.8. The van der Waals surface area contributed by atoms with Crippen molar-refractivity contribution in [1.29, 1.82) is 0 Å². The lowest BCUT2D eigenvalue weighted by Crippen LogP contribution is -2.40. The van der Waals surface area contributed by atoms with Gasteiger partial charge in [-0.3, -0.25) is 4.79 Å². The van der Waals surface area contributed by atoms with Gasteiger partial charge < -0.3 is 10.6 Å². The van der Waals surface area contributed by atoms with E-state index in [0.29, 0.717) is 6.54 Å². The number of rotatable bonds is 6. The Morgan fingerprint density at radius 1 is 1.26 bits per heavy atom. The highest BCUT2D eigenvalue weighted by atomic mass is 19.1. The fourth-order valence-electron chi connectivity index (χ4n) is 1.87. The number of benzene rings is 1. The Labute approximate surface area is 112 Å². The second-order valence-electron chi connectivity index (χ2n) is 4.77. The number of carbonyl (C=O) groups is 1. The zero-order valence-electron chi connectivity index (χ0n) is 11.5. The quantitative estimate of drug-likeness (QED) is 0.828. The lowest BCUT2D eigenvalue weighted by Gasteiger charge is -2.18. The van der Waals surface area contributed by atoms with E-state index in [9.17, 15) is 13.6 Å². The average molecular weight is 270 g/mol. The molecule has 0 saturated carbocycles. The number of amides is 1. The van der Waals surface area contributed by atoms with Gasteiger partial charge in [-0.05, 0) is 32.5 Å². The first-order chi connectivity index (χ1) is 8.95. The van der Waals surface area contributed by atoms with Crippen LogP contribution >= 0.6 is 0 Å². The van der Waals surface area contributed by atoms with Gasteiger partial charge in [0.25, 0.3) is 0 Å². The molecule has 2 unspecified atom stereocenters.